The molecule has 0 saturated carbocycles. The molecule has 14 heteroatoms. The number of carboxylic acid groups (broad SMARTS) is 1. The SMILES string of the molecule is CCN(CCN(C)C)c1cc(N2CCc3c(-c4cccc(O)c4)nc(N4CCOCC4)nc32)ccn1.O=C(O)C(F)(F)F. The van der Waals surface area contributed by atoms with E-state index in [1.165, 1.54) is 0 Å². The van der Waals surface area contributed by atoms with Gasteiger partial charge in [0, 0.05) is 68.3 Å². The summed E-state index contributed by atoms with van der Waals surface area (Å²) in [6, 6.07) is 11.6. The number of fused-ring (bicyclic) bond motifs is 1. The number of hydrogen-bond acceptors (Lipinski definition) is 10. The summed E-state index contributed by atoms with van der Waals surface area (Å²) in [7, 11) is 4.18. The van der Waals surface area contributed by atoms with Crippen LogP contribution in [-0.4, -0.2) is 109 Å². The summed E-state index contributed by atoms with van der Waals surface area (Å²) in [4.78, 5) is 32.6. The van der Waals surface area contributed by atoms with Crippen molar-refractivity contribution in [2.45, 2.75) is 19.5 Å². The molecule has 1 fully saturated rings. The molecule has 0 aliphatic carbocycles. The molecule has 1 saturated heterocycles. The van der Waals surface area contributed by atoms with Gasteiger partial charge in [0.1, 0.15) is 17.4 Å². The number of rotatable bonds is 8. The Hall–Kier alpha value is -4.17. The van der Waals surface area contributed by atoms with Crippen LogP contribution in [0.15, 0.2) is 42.6 Å². The Morgan fingerprint density at radius 2 is 1.79 bits per heavy atom. The molecule has 0 radical (unpaired) electrons. The number of pyridine rings is 1. The van der Waals surface area contributed by atoms with E-state index in [2.05, 4.69) is 57.7 Å². The van der Waals surface area contributed by atoms with Crippen LogP contribution in [0.1, 0.15) is 12.5 Å². The maximum atomic E-state index is 10.6. The predicted octanol–water partition coefficient (Wildman–Crippen LogP) is 3.80. The molecule has 232 valence electrons. The summed E-state index contributed by atoms with van der Waals surface area (Å²) >= 11 is 0. The van der Waals surface area contributed by atoms with Crippen LogP contribution in [0.25, 0.3) is 11.3 Å². The molecular weight excluding hydrogens is 567 g/mol. The fourth-order valence-corrected chi connectivity index (χ4v) is 4.80. The standard InChI is InChI=1S/C27H35N7O2.C2HF3O2/c1-4-32(13-12-31(2)3)24-19-21(8-10-28-24)34-11-9-23-25(20-6-5-7-22(35)18-20)29-27(30-26(23)34)33-14-16-36-17-15-33;3-2(4,5)1(6)7/h5-8,10,18-19,35H,4,9,11-17H2,1-3H3;(H,6,7). The second kappa shape index (κ2) is 13.9. The number of aromatic nitrogens is 3. The number of alkyl halides is 3. The van der Waals surface area contributed by atoms with Crippen molar-refractivity contribution in [1.82, 2.24) is 19.9 Å². The van der Waals surface area contributed by atoms with Crippen LogP contribution in [0.4, 0.5) is 36.4 Å². The zero-order chi connectivity index (χ0) is 31.1. The summed E-state index contributed by atoms with van der Waals surface area (Å²) in [6.45, 7) is 8.61. The molecule has 2 aromatic heterocycles. The molecule has 2 N–H and O–H groups in total. The monoisotopic (exact) mass is 603 g/mol. The van der Waals surface area contributed by atoms with E-state index >= 15 is 0 Å². The number of hydrogen-bond donors (Lipinski definition) is 2. The van der Waals surface area contributed by atoms with Gasteiger partial charge in [-0.1, -0.05) is 12.1 Å². The highest BCUT2D eigenvalue weighted by atomic mass is 19.4. The van der Waals surface area contributed by atoms with Gasteiger partial charge in [0.15, 0.2) is 0 Å². The van der Waals surface area contributed by atoms with Crippen LogP contribution in [0.5, 0.6) is 5.75 Å². The number of anilines is 4. The van der Waals surface area contributed by atoms with Crippen molar-refractivity contribution >= 4 is 29.2 Å². The predicted molar refractivity (Wildman–Crippen MR) is 157 cm³/mol. The van der Waals surface area contributed by atoms with Crippen molar-refractivity contribution in [3.63, 3.8) is 0 Å². The number of nitrogens with zero attached hydrogens (tertiary/aromatic N) is 7. The molecule has 2 aliphatic rings. The highest BCUT2D eigenvalue weighted by Crippen LogP contribution is 2.40. The lowest BCUT2D eigenvalue weighted by atomic mass is 10.1. The topological polar surface area (TPSA) is 118 Å². The number of halogens is 3. The zero-order valence-corrected chi connectivity index (χ0v) is 24.4. The number of benzene rings is 1. The average molecular weight is 604 g/mol. The summed E-state index contributed by atoms with van der Waals surface area (Å²) in [5.74, 6) is 0.0864. The second-order valence-electron chi connectivity index (χ2n) is 10.3. The molecule has 0 unspecified atom stereocenters. The smallest absolute Gasteiger partial charge is 0.490 e. The number of phenols is 1. The molecule has 0 atom stereocenters. The fourth-order valence-electron chi connectivity index (χ4n) is 4.80. The summed E-state index contributed by atoms with van der Waals surface area (Å²) in [6.07, 6.45) is -2.36. The van der Waals surface area contributed by atoms with E-state index in [9.17, 15) is 18.3 Å². The van der Waals surface area contributed by atoms with Gasteiger partial charge in [-0.25, -0.2) is 14.8 Å². The van der Waals surface area contributed by atoms with E-state index in [-0.39, 0.29) is 5.75 Å². The van der Waals surface area contributed by atoms with E-state index in [1.54, 1.807) is 12.1 Å². The molecule has 0 amide bonds. The number of phenolic OH excluding ortho intramolecular Hbond substituents is 1. The molecule has 43 heavy (non-hydrogen) atoms. The lowest BCUT2D eigenvalue weighted by Gasteiger charge is -2.29. The van der Waals surface area contributed by atoms with E-state index in [1.807, 2.05) is 18.3 Å². The van der Waals surface area contributed by atoms with E-state index in [0.29, 0.717) is 19.2 Å². The third-order valence-electron chi connectivity index (χ3n) is 7.03. The van der Waals surface area contributed by atoms with E-state index < -0.39 is 12.1 Å². The minimum atomic E-state index is -5.08. The van der Waals surface area contributed by atoms with Crippen LogP contribution >= 0.6 is 0 Å². The lowest BCUT2D eigenvalue weighted by molar-refractivity contribution is -0.192. The maximum absolute atomic E-state index is 10.6. The number of carboxylic acids is 1. The molecule has 1 aromatic carbocycles. The molecule has 4 heterocycles. The quantitative estimate of drug-likeness (QED) is 0.392. The first-order chi connectivity index (χ1) is 20.5. The normalized spacial score (nSPS) is 14.8. The van der Waals surface area contributed by atoms with Gasteiger partial charge < -0.3 is 34.5 Å². The van der Waals surface area contributed by atoms with Crippen molar-refractivity contribution in [2.24, 2.45) is 0 Å². The van der Waals surface area contributed by atoms with Crippen molar-refractivity contribution in [3.8, 4) is 17.0 Å². The number of aromatic hydroxyl groups is 1. The largest absolute Gasteiger partial charge is 0.508 e. The Morgan fingerprint density at radius 1 is 1.07 bits per heavy atom. The fraction of sp³-hybridized carbons (Fsp3) is 0.448. The Labute approximate surface area is 248 Å². The number of morpholine rings is 1. The van der Waals surface area contributed by atoms with Gasteiger partial charge >= 0.3 is 12.1 Å². The van der Waals surface area contributed by atoms with E-state index in [0.717, 1.165) is 79.8 Å². The zero-order valence-electron chi connectivity index (χ0n) is 24.4. The van der Waals surface area contributed by atoms with Gasteiger partial charge in [-0.05, 0) is 45.6 Å². The number of aliphatic carboxylic acids is 1. The number of likely N-dealkylation sites (N-methyl/N-ethyl adjacent to an activating group) is 2. The molecule has 11 nitrogen and oxygen atoms in total. The second-order valence-corrected chi connectivity index (χ2v) is 10.3. The van der Waals surface area contributed by atoms with Gasteiger partial charge in [-0.2, -0.15) is 18.2 Å². The summed E-state index contributed by atoms with van der Waals surface area (Å²) in [5, 5.41) is 17.3. The lowest BCUT2D eigenvalue weighted by Crippen LogP contribution is -2.37. The molecule has 5 rings (SSSR count). The molecule has 0 bridgehead atoms. The van der Waals surface area contributed by atoms with Crippen molar-refractivity contribution in [2.75, 3.05) is 81.3 Å². The number of ether oxygens (including phenoxy) is 1. The first-order valence-electron chi connectivity index (χ1n) is 13.9. The third-order valence-corrected chi connectivity index (χ3v) is 7.03. The Balaban J connectivity index is 0.000000541. The first-order valence-corrected chi connectivity index (χ1v) is 13.9. The highest BCUT2D eigenvalue weighted by molar-refractivity contribution is 5.78. The summed E-state index contributed by atoms with van der Waals surface area (Å²) in [5.41, 5.74) is 3.98. The van der Waals surface area contributed by atoms with Crippen LogP contribution in [0.3, 0.4) is 0 Å². The van der Waals surface area contributed by atoms with Crippen molar-refractivity contribution < 1.29 is 32.9 Å². The maximum Gasteiger partial charge on any atom is 0.490 e. The average Bonchev–Trinajstić information content (AvgIpc) is 3.41. The van der Waals surface area contributed by atoms with Gasteiger partial charge in [-0.15, -0.1) is 0 Å². The van der Waals surface area contributed by atoms with Crippen LogP contribution in [0.2, 0.25) is 0 Å². The third kappa shape index (κ3) is 8.02. The van der Waals surface area contributed by atoms with Gasteiger partial charge in [0.25, 0.3) is 0 Å². The van der Waals surface area contributed by atoms with E-state index in [4.69, 9.17) is 24.6 Å². The minimum Gasteiger partial charge on any atom is -0.508 e. The highest BCUT2D eigenvalue weighted by Gasteiger charge is 2.38. The van der Waals surface area contributed by atoms with Crippen LogP contribution in [-0.2, 0) is 16.0 Å². The van der Waals surface area contributed by atoms with Crippen LogP contribution < -0.4 is 14.7 Å². The Bertz CT molecular complexity index is 1400. The molecule has 3 aromatic rings. The van der Waals surface area contributed by atoms with Crippen molar-refractivity contribution in [3.05, 3.63) is 48.2 Å². The van der Waals surface area contributed by atoms with Gasteiger partial charge in [0.2, 0.25) is 5.95 Å². The van der Waals surface area contributed by atoms with Crippen molar-refractivity contribution in [1.29, 1.82) is 0 Å². The van der Waals surface area contributed by atoms with Gasteiger partial charge in [0.05, 0.1) is 18.9 Å². The van der Waals surface area contributed by atoms with Crippen LogP contribution in [0, 0.1) is 0 Å². The minimum absolute atomic E-state index is 0.235. The number of carbonyl (C=O) groups is 1. The Morgan fingerprint density at radius 3 is 2.42 bits per heavy atom. The first kappa shape index (κ1) is 31.8. The molecule has 2 aliphatic heterocycles. The molecular formula is C29H36F3N7O4. The summed E-state index contributed by atoms with van der Waals surface area (Å²) < 4.78 is 37.3. The molecule has 0 spiro atoms. The Kier molecular flexibility index (Phi) is 10.2. The van der Waals surface area contributed by atoms with Gasteiger partial charge in [-0.3, -0.25) is 0 Å².